The summed E-state index contributed by atoms with van der Waals surface area (Å²) >= 11 is 0. The van der Waals surface area contributed by atoms with E-state index in [0.29, 0.717) is 6.04 Å². The summed E-state index contributed by atoms with van der Waals surface area (Å²) < 4.78 is 13.3. The Labute approximate surface area is 113 Å². The first kappa shape index (κ1) is 11.5. The molecule has 1 aromatic rings. The summed E-state index contributed by atoms with van der Waals surface area (Å²) in [5.74, 6) is 0.707. The van der Waals surface area contributed by atoms with Gasteiger partial charge in [-0.25, -0.2) is 9.40 Å². The highest BCUT2D eigenvalue weighted by molar-refractivity contribution is 5.21. The van der Waals surface area contributed by atoms with Crippen LogP contribution in [0.5, 0.6) is 0 Å². The number of benzene rings is 1. The molecular weight excluding hydrogens is 239 g/mol. The predicted octanol–water partition coefficient (Wildman–Crippen LogP) is 3.31. The van der Waals surface area contributed by atoms with Gasteiger partial charge in [-0.3, -0.25) is 0 Å². The molecule has 4 rings (SSSR count). The average Bonchev–Trinajstić information content (AvgIpc) is 3.01. The number of hydrogen-bond donors (Lipinski definition) is 0. The maximum Gasteiger partial charge on any atom is 0.123 e. The maximum absolute atomic E-state index is 13.3. The van der Waals surface area contributed by atoms with Crippen LogP contribution in [0.3, 0.4) is 0 Å². The number of hydrazine groups is 1. The second-order valence-corrected chi connectivity index (χ2v) is 5.97. The van der Waals surface area contributed by atoms with Crippen molar-refractivity contribution in [3.63, 3.8) is 0 Å². The standard InChI is InChI=1S/C16H19FN2/c17-14-4-1-3-12(9-14)11-18-8-2-5-16-13-6-7-15(10-13)19(16)18/h1,3-4,7,9,13,16H,2,5-6,8,10-11H2/t13-,16-/m0/s1. The summed E-state index contributed by atoms with van der Waals surface area (Å²) in [6.45, 7) is 1.93. The van der Waals surface area contributed by atoms with Gasteiger partial charge in [-0.1, -0.05) is 18.2 Å². The smallest absolute Gasteiger partial charge is 0.123 e. The highest BCUT2D eigenvalue weighted by atomic mass is 19.1. The van der Waals surface area contributed by atoms with Crippen molar-refractivity contribution in [2.45, 2.75) is 38.3 Å². The fraction of sp³-hybridized carbons (Fsp3) is 0.500. The van der Waals surface area contributed by atoms with Crippen LogP contribution in [0.1, 0.15) is 31.2 Å². The Bertz CT molecular complexity index is 525. The summed E-state index contributed by atoms with van der Waals surface area (Å²) in [7, 11) is 0. The van der Waals surface area contributed by atoms with E-state index in [1.807, 2.05) is 12.1 Å². The molecular formula is C16H19FN2. The molecule has 0 unspecified atom stereocenters. The van der Waals surface area contributed by atoms with Crippen molar-refractivity contribution in [3.8, 4) is 0 Å². The van der Waals surface area contributed by atoms with E-state index < -0.39 is 0 Å². The molecule has 2 saturated heterocycles. The Kier molecular flexibility index (Phi) is 2.62. The molecule has 19 heavy (non-hydrogen) atoms. The van der Waals surface area contributed by atoms with E-state index in [-0.39, 0.29) is 5.82 Å². The van der Waals surface area contributed by atoms with Crippen LogP contribution in [0.2, 0.25) is 0 Å². The first-order chi connectivity index (χ1) is 9.31. The number of rotatable bonds is 2. The van der Waals surface area contributed by atoms with Gasteiger partial charge in [0, 0.05) is 24.8 Å². The third-order valence-electron chi connectivity index (χ3n) is 4.76. The Morgan fingerprint density at radius 2 is 2.26 bits per heavy atom. The lowest BCUT2D eigenvalue weighted by molar-refractivity contribution is -0.0638. The van der Waals surface area contributed by atoms with Gasteiger partial charge in [0.2, 0.25) is 0 Å². The van der Waals surface area contributed by atoms with Crippen molar-refractivity contribution in [1.29, 1.82) is 0 Å². The average molecular weight is 258 g/mol. The molecule has 2 atom stereocenters. The van der Waals surface area contributed by atoms with Crippen LogP contribution in [0.4, 0.5) is 4.39 Å². The van der Waals surface area contributed by atoms with E-state index in [1.165, 1.54) is 37.4 Å². The minimum atomic E-state index is -0.131. The molecule has 3 heteroatoms. The third kappa shape index (κ3) is 1.88. The lowest BCUT2D eigenvalue weighted by Gasteiger charge is -2.45. The fourth-order valence-electron chi connectivity index (χ4n) is 3.96. The van der Waals surface area contributed by atoms with Crippen LogP contribution in [0.25, 0.3) is 0 Å². The van der Waals surface area contributed by atoms with Crippen molar-refractivity contribution in [2.24, 2.45) is 5.92 Å². The van der Waals surface area contributed by atoms with Gasteiger partial charge >= 0.3 is 0 Å². The van der Waals surface area contributed by atoms with E-state index in [4.69, 9.17) is 0 Å². The molecule has 0 spiro atoms. The van der Waals surface area contributed by atoms with Gasteiger partial charge in [-0.15, -0.1) is 0 Å². The van der Waals surface area contributed by atoms with Crippen LogP contribution in [0, 0.1) is 11.7 Å². The summed E-state index contributed by atoms with van der Waals surface area (Å²) in [4.78, 5) is 0. The Hall–Kier alpha value is -1.35. The van der Waals surface area contributed by atoms with Gasteiger partial charge < -0.3 is 5.01 Å². The van der Waals surface area contributed by atoms with Gasteiger partial charge in [0.05, 0.1) is 0 Å². The van der Waals surface area contributed by atoms with E-state index >= 15 is 0 Å². The number of hydrogen-bond acceptors (Lipinski definition) is 2. The van der Waals surface area contributed by atoms with Gasteiger partial charge in [-0.05, 0) is 49.3 Å². The molecule has 2 bridgehead atoms. The first-order valence-electron chi connectivity index (χ1n) is 7.29. The van der Waals surface area contributed by atoms with Crippen LogP contribution < -0.4 is 0 Å². The molecule has 2 nitrogen and oxygen atoms in total. The van der Waals surface area contributed by atoms with Gasteiger partial charge in [-0.2, -0.15) is 0 Å². The molecule has 0 aromatic heterocycles. The molecule has 2 heterocycles. The number of fused-ring (bicyclic) bond motifs is 5. The highest BCUT2D eigenvalue weighted by Gasteiger charge is 2.44. The zero-order chi connectivity index (χ0) is 12.8. The van der Waals surface area contributed by atoms with Crippen LogP contribution in [-0.4, -0.2) is 22.6 Å². The molecule has 0 amide bonds. The third-order valence-corrected chi connectivity index (χ3v) is 4.76. The topological polar surface area (TPSA) is 6.48 Å². The second-order valence-electron chi connectivity index (χ2n) is 5.97. The zero-order valence-electron chi connectivity index (χ0n) is 11.1. The van der Waals surface area contributed by atoms with Crippen molar-refractivity contribution in [1.82, 2.24) is 10.0 Å². The number of nitrogens with zero attached hydrogens (tertiary/aromatic N) is 2. The Balaban J connectivity index is 1.57. The zero-order valence-corrected chi connectivity index (χ0v) is 11.1. The molecule has 0 N–H and O–H groups in total. The number of allylic oxidation sites excluding steroid dienone is 2. The summed E-state index contributed by atoms with van der Waals surface area (Å²) in [6, 6.07) is 7.72. The summed E-state index contributed by atoms with van der Waals surface area (Å²) in [6.07, 6.45) is 7.50. The predicted molar refractivity (Wildman–Crippen MR) is 72.5 cm³/mol. The molecule has 2 aliphatic heterocycles. The lowest BCUT2D eigenvalue weighted by Crippen LogP contribution is -2.50. The van der Waals surface area contributed by atoms with Gasteiger partial charge in [0.25, 0.3) is 0 Å². The van der Waals surface area contributed by atoms with Crippen LogP contribution in [0.15, 0.2) is 36.0 Å². The van der Waals surface area contributed by atoms with Crippen LogP contribution >= 0.6 is 0 Å². The minimum absolute atomic E-state index is 0.131. The van der Waals surface area contributed by atoms with E-state index in [9.17, 15) is 4.39 Å². The minimum Gasteiger partial charge on any atom is -0.307 e. The van der Waals surface area contributed by atoms with Crippen molar-refractivity contribution in [3.05, 3.63) is 47.4 Å². The van der Waals surface area contributed by atoms with E-state index in [2.05, 4.69) is 16.1 Å². The van der Waals surface area contributed by atoms with Crippen LogP contribution in [-0.2, 0) is 6.54 Å². The highest BCUT2D eigenvalue weighted by Crippen LogP contribution is 2.45. The van der Waals surface area contributed by atoms with Gasteiger partial charge in [0.1, 0.15) is 5.82 Å². The van der Waals surface area contributed by atoms with Gasteiger partial charge in [0.15, 0.2) is 0 Å². The molecule has 1 aromatic carbocycles. The molecule has 3 aliphatic rings. The lowest BCUT2D eigenvalue weighted by atomic mass is 9.94. The second kappa shape index (κ2) is 4.34. The van der Waals surface area contributed by atoms with Crippen molar-refractivity contribution in [2.75, 3.05) is 6.54 Å². The molecule has 2 fully saturated rings. The van der Waals surface area contributed by atoms with E-state index in [1.54, 1.807) is 6.07 Å². The normalized spacial score (nSPS) is 29.5. The van der Waals surface area contributed by atoms with Crippen molar-refractivity contribution >= 4 is 0 Å². The van der Waals surface area contributed by atoms with Crippen molar-refractivity contribution < 1.29 is 4.39 Å². The molecule has 0 radical (unpaired) electrons. The summed E-state index contributed by atoms with van der Waals surface area (Å²) in [5.41, 5.74) is 2.58. The quantitative estimate of drug-likeness (QED) is 0.803. The monoisotopic (exact) mass is 258 g/mol. The Morgan fingerprint density at radius 1 is 1.32 bits per heavy atom. The SMILES string of the molecule is Fc1cccc(CN2CCC[C@H]3[C@H]4CC=C(C4)N32)c1. The summed E-state index contributed by atoms with van der Waals surface area (Å²) in [5, 5.41) is 4.94. The molecule has 1 aliphatic carbocycles. The maximum atomic E-state index is 13.3. The molecule has 100 valence electrons. The first-order valence-corrected chi connectivity index (χ1v) is 7.29. The molecule has 0 saturated carbocycles. The largest absolute Gasteiger partial charge is 0.307 e. The fourth-order valence-corrected chi connectivity index (χ4v) is 3.96. The number of halogens is 1. The van der Waals surface area contributed by atoms with E-state index in [0.717, 1.165) is 24.6 Å². The Morgan fingerprint density at radius 3 is 3.16 bits per heavy atom.